The molecule has 1 atom stereocenters. The number of rotatable bonds is 8. The van der Waals surface area contributed by atoms with Gasteiger partial charge in [-0.2, -0.15) is 0 Å². The van der Waals surface area contributed by atoms with Crippen molar-refractivity contribution < 1.29 is 0 Å². The molecular weight excluding hydrogens is 214 g/mol. The monoisotopic (exact) mass is 239 g/mol. The molecule has 0 bridgehead atoms. The summed E-state index contributed by atoms with van der Waals surface area (Å²) in [6.07, 6.45) is 4.95. The summed E-state index contributed by atoms with van der Waals surface area (Å²) in [6.45, 7) is 9.13. The number of hydrogen-bond acceptors (Lipinski definition) is 2. The van der Waals surface area contributed by atoms with Crippen molar-refractivity contribution in [3.63, 3.8) is 0 Å². The van der Waals surface area contributed by atoms with Gasteiger partial charge in [0.05, 0.1) is 0 Å². The summed E-state index contributed by atoms with van der Waals surface area (Å²) in [5, 5.41) is 3.47. The highest BCUT2D eigenvalue weighted by molar-refractivity contribution is 7.11. The van der Waals surface area contributed by atoms with Crippen LogP contribution in [0.3, 0.4) is 0 Å². The van der Waals surface area contributed by atoms with Crippen LogP contribution in [0.1, 0.15) is 43.4 Å². The van der Waals surface area contributed by atoms with E-state index in [0.29, 0.717) is 0 Å². The second-order valence-electron chi connectivity index (χ2n) is 4.57. The van der Waals surface area contributed by atoms with E-state index in [1.807, 2.05) is 11.3 Å². The Balaban J connectivity index is 2.20. The minimum Gasteiger partial charge on any atom is -0.317 e. The van der Waals surface area contributed by atoms with Gasteiger partial charge in [0.15, 0.2) is 0 Å². The first-order valence-electron chi connectivity index (χ1n) is 6.54. The van der Waals surface area contributed by atoms with Gasteiger partial charge >= 0.3 is 0 Å². The molecule has 0 aromatic carbocycles. The van der Waals surface area contributed by atoms with Crippen molar-refractivity contribution in [1.29, 1.82) is 0 Å². The van der Waals surface area contributed by atoms with Crippen molar-refractivity contribution in [1.82, 2.24) is 5.32 Å². The van der Waals surface area contributed by atoms with Crippen molar-refractivity contribution in [2.24, 2.45) is 5.92 Å². The predicted molar refractivity (Wildman–Crippen MR) is 74.3 cm³/mol. The fourth-order valence-corrected chi connectivity index (χ4v) is 2.94. The summed E-state index contributed by atoms with van der Waals surface area (Å²) in [5.41, 5.74) is 0. The summed E-state index contributed by atoms with van der Waals surface area (Å²) in [5.74, 6) is 0.799. The van der Waals surface area contributed by atoms with E-state index in [1.54, 1.807) is 4.88 Å². The van der Waals surface area contributed by atoms with Crippen molar-refractivity contribution in [2.45, 2.75) is 46.5 Å². The second kappa shape index (κ2) is 7.86. The molecule has 1 nitrogen and oxygen atoms in total. The molecule has 0 aliphatic heterocycles. The van der Waals surface area contributed by atoms with Crippen molar-refractivity contribution in [2.75, 3.05) is 13.1 Å². The van der Waals surface area contributed by atoms with Crippen LogP contribution in [0.15, 0.2) is 12.1 Å². The fourth-order valence-electron chi connectivity index (χ4n) is 1.82. The van der Waals surface area contributed by atoms with Crippen LogP contribution in [0.2, 0.25) is 0 Å². The lowest BCUT2D eigenvalue weighted by molar-refractivity contribution is 0.501. The quantitative estimate of drug-likeness (QED) is 0.679. The molecule has 0 fully saturated rings. The standard InChI is InChI=1S/C14H25NS/c1-4-9-15-10-8-12(3)11-14-7-6-13(5-2)16-14/h6-7,12,15H,4-5,8-11H2,1-3H3. The summed E-state index contributed by atoms with van der Waals surface area (Å²) in [6, 6.07) is 4.58. The van der Waals surface area contributed by atoms with Gasteiger partial charge in [-0.1, -0.05) is 20.8 Å². The first kappa shape index (κ1) is 13.7. The largest absolute Gasteiger partial charge is 0.317 e. The molecule has 1 rings (SSSR count). The van der Waals surface area contributed by atoms with Crippen LogP contribution < -0.4 is 5.32 Å². The lowest BCUT2D eigenvalue weighted by Gasteiger charge is -2.10. The molecule has 1 aromatic rings. The topological polar surface area (TPSA) is 12.0 Å². The maximum Gasteiger partial charge on any atom is 0.00508 e. The highest BCUT2D eigenvalue weighted by Gasteiger charge is 2.05. The van der Waals surface area contributed by atoms with E-state index in [4.69, 9.17) is 0 Å². The second-order valence-corrected chi connectivity index (χ2v) is 5.82. The molecule has 92 valence electrons. The van der Waals surface area contributed by atoms with Crippen LogP contribution in [0, 0.1) is 5.92 Å². The Morgan fingerprint density at radius 1 is 1.19 bits per heavy atom. The zero-order valence-electron chi connectivity index (χ0n) is 10.9. The van der Waals surface area contributed by atoms with Gasteiger partial charge in [0, 0.05) is 9.75 Å². The number of aryl methyl sites for hydroxylation is 1. The summed E-state index contributed by atoms with van der Waals surface area (Å²) in [7, 11) is 0. The molecule has 1 N–H and O–H groups in total. The average Bonchev–Trinajstić information content (AvgIpc) is 2.72. The van der Waals surface area contributed by atoms with Gasteiger partial charge in [-0.3, -0.25) is 0 Å². The lowest BCUT2D eigenvalue weighted by Crippen LogP contribution is -2.18. The molecule has 0 spiro atoms. The van der Waals surface area contributed by atoms with Gasteiger partial charge in [0.25, 0.3) is 0 Å². The average molecular weight is 239 g/mol. The van der Waals surface area contributed by atoms with Gasteiger partial charge in [-0.05, 0) is 56.8 Å². The van der Waals surface area contributed by atoms with Crippen LogP contribution >= 0.6 is 11.3 Å². The minimum atomic E-state index is 0.799. The third kappa shape index (κ3) is 5.13. The van der Waals surface area contributed by atoms with E-state index >= 15 is 0 Å². The zero-order chi connectivity index (χ0) is 11.8. The Morgan fingerprint density at radius 2 is 1.94 bits per heavy atom. The first-order valence-corrected chi connectivity index (χ1v) is 7.36. The van der Waals surface area contributed by atoms with Gasteiger partial charge < -0.3 is 5.32 Å². The Labute approximate surface area is 104 Å². The molecule has 0 aliphatic carbocycles. The Kier molecular flexibility index (Phi) is 6.74. The molecule has 1 aromatic heterocycles. The van der Waals surface area contributed by atoms with Crippen LogP contribution in [-0.4, -0.2) is 13.1 Å². The van der Waals surface area contributed by atoms with Crippen LogP contribution in [-0.2, 0) is 12.8 Å². The van der Waals surface area contributed by atoms with E-state index in [2.05, 4.69) is 38.2 Å². The number of thiophene rings is 1. The van der Waals surface area contributed by atoms with Crippen LogP contribution in [0.25, 0.3) is 0 Å². The third-order valence-electron chi connectivity index (χ3n) is 2.86. The van der Waals surface area contributed by atoms with E-state index < -0.39 is 0 Å². The third-order valence-corrected chi connectivity index (χ3v) is 4.11. The van der Waals surface area contributed by atoms with Gasteiger partial charge in [0.1, 0.15) is 0 Å². The first-order chi connectivity index (χ1) is 7.76. The molecule has 0 saturated carbocycles. The molecule has 2 heteroatoms. The highest BCUT2D eigenvalue weighted by atomic mass is 32.1. The molecule has 0 radical (unpaired) electrons. The SMILES string of the molecule is CCCNCCC(C)Cc1ccc(CC)s1. The zero-order valence-corrected chi connectivity index (χ0v) is 11.7. The van der Waals surface area contributed by atoms with Crippen molar-refractivity contribution in [3.05, 3.63) is 21.9 Å². The molecule has 0 aliphatic rings. The van der Waals surface area contributed by atoms with Crippen molar-refractivity contribution in [3.8, 4) is 0 Å². The van der Waals surface area contributed by atoms with Crippen LogP contribution in [0.4, 0.5) is 0 Å². The van der Waals surface area contributed by atoms with Crippen molar-refractivity contribution >= 4 is 11.3 Å². The maximum absolute atomic E-state index is 3.47. The molecule has 0 saturated heterocycles. The molecule has 1 heterocycles. The van der Waals surface area contributed by atoms with E-state index in [-0.39, 0.29) is 0 Å². The van der Waals surface area contributed by atoms with Gasteiger partial charge in [-0.25, -0.2) is 0 Å². The Morgan fingerprint density at radius 3 is 2.56 bits per heavy atom. The summed E-state index contributed by atoms with van der Waals surface area (Å²) < 4.78 is 0. The maximum atomic E-state index is 3.47. The minimum absolute atomic E-state index is 0.799. The summed E-state index contributed by atoms with van der Waals surface area (Å²) >= 11 is 1.98. The molecule has 0 amide bonds. The number of nitrogens with one attached hydrogen (secondary N) is 1. The van der Waals surface area contributed by atoms with E-state index in [9.17, 15) is 0 Å². The molecular formula is C14H25NS. The highest BCUT2D eigenvalue weighted by Crippen LogP contribution is 2.21. The number of hydrogen-bond donors (Lipinski definition) is 1. The van der Waals surface area contributed by atoms with Gasteiger partial charge in [0.2, 0.25) is 0 Å². The smallest absolute Gasteiger partial charge is 0.00508 e. The lowest BCUT2D eigenvalue weighted by atomic mass is 10.0. The molecule has 16 heavy (non-hydrogen) atoms. The van der Waals surface area contributed by atoms with E-state index in [0.717, 1.165) is 12.5 Å². The normalized spacial score (nSPS) is 12.9. The summed E-state index contributed by atoms with van der Waals surface area (Å²) in [4.78, 5) is 3.08. The molecule has 1 unspecified atom stereocenters. The van der Waals surface area contributed by atoms with Gasteiger partial charge in [-0.15, -0.1) is 11.3 Å². The Hall–Kier alpha value is -0.340. The van der Waals surface area contributed by atoms with E-state index in [1.165, 1.54) is 37.1 Å². The van der Waals surface area contributed by atoms with Crippen LogP contribution in [0.5, 0.6) is 0 Å². The predicted octanol–water partition coefficient (Wildman–Crippen LogP) is 3.88. The fraction of sp³-hybridized carbons (Fsp3) is 0.714. The Bertz CT molecular complexity index is 280.